The van der Waals surface area contributed by atoms with E-state index in [2.05, 4.69) is 39.0 Å². The van der Waals surface area contributed by atoms with Crippen molar-refractivity contribution in [2.45, 2.75) is 56.1 Å². The van der Waals surface area contributed by atoms with Gasteiger partial charge in [-0.1, -0.05) is 25.7 Å². The number of thiophene rings is 1. The summed E-state index contributed by atoms with van der Waals surface area (Å²) < 4.78 is 0. The molecule has 0 unspecified atom stereocenters. The number of H-pyrrole nitrogens is 1. The lowest BCUT2D eigenvalue weighted by atomic mass is 10.0. The highest BCUT2D eigenvalue weighted by atomic mass is 32.2. The SMILES string of the molecule is Cc1sc2ncnc(Sc3n[nH]c(CC4CCCC4)n3)c2c1C. The number of hydrogen-bond acceptors (Lipinski definition) is 6. The summed E-state index contributed by atoms with van der Waals surface area (Å²) in [7, 11) is 0. The van der Waals surface area contributed by atoms with E-state index in [1.807, 2.05) is 0 Å². The molecule has 7 heteroatoms. The summed E-state index contributed by atoms with van der Waals surface area (Å²) in [5.74, 6) is 1.77. The summed E-state index contributed by atoms with van der Waals surface area (Å²) in [4.78, 5) is 15.8. The van der Waals surface area contributed by atoms with Gasteiger partial charge in [-0.25, -0.2) is 15.0 Å². The quantitative estimate of drug-likeness (QED) is 0.714. The van der Waals surface area contributed by atoms with Crippen molar-refractivity contribution in [2.24, 2.45) is 5.92 Å². The number of nitrogens with zero attached hydrogens (tertiary/aromatic N) is 4. The molecule has 3 aromatic rings. The predicted octanol–water partition coefficient (Wildman–Crippen LogP) is 4.31. The van der Waals surface area contributed by atoms with Crippen molar-refractivity contribution < 1.29 is 0 Å². The van der Waals surface area contributed by atoms with Crippen LogP contribution in [-0.2, 0) is 6.42 Å². The second kappa shape index (κ2) is 6.20. The van der Waals surface area contributed by atoms with Gasteiger partial charge in [0, 0.05) is 16.7 Å². The minimum absolute atomic E-state index is 0.751. The Morgan fingerprint density at radius 2 is 2.09 bits per heavy atom. The van der Waals surface area contributed by atoms with Crippen molar-refractivity contribution >= 4 is 33.3 Å². The third-order valence-corrected chi connectivity index (χ3v) is 6.57. The van der Waals surface area contributed by atoms with Crippen LogP contribution in [0.2, 0.25) is 0 Å². The minimum Gasteiger partial charge on any atom is -0.262 e. The van der Waals surface area contributed by atoms with E-state index in [0.29, 0.717) is 0 Å². The van der Waals surface area contributed by atoms with Crippen LogP contribution >= 0.6 is 23.1 Å². The van der Waals surface area contributed by atoms with E-state index in [-0.39, 0.29) is 0 Å². The van der Waals surface area contributed by atoms with Gasteiger partial charge in [0.25, 0.3) is 0 Å². The number of hydrogen-bond donors (Lipinski definition) is 1. The monoisotopic (exact) mass is 345 g/mol. The third kappa shape index (κ3) is 2.99. The number of rotatable bonds is 4. The first kappa shape index (κ1) is 15.1. The number of aryl methyl sites for hydroxylation is 2. The van der Waals surface area contributed by atoms with Crippen molar-refractivity contribution in [1.29, 1.82) is 0 Å². The number of aromatic amines is 1. The van der Waals surface area contributed by atoms with Crippen LogP contribution in [0, 0.1) is 19.8 Å². The van der Waals surface area contributed by atoms with Gasteiger partial charge >= 0.3 is 0 Å². The van der Waals surface area contributed by atoms with E-state index >= 15 is 0 Å². The normalized spacial score (nSPS) is 15.7. The molecule has 5 nitrogen and oxygen atoms in total. The van der Waals surface area contributed by atoms with E-state index in [9.17, 15) is 0 Å². The van der Waals surface area contributed by atoms with Crippen LogP contribution in [-0.4, -0.2) is 25.1 Å². The molecule has 0 saturated heterocycles. The first-order valence-corrected chi connectivity index (χ1v) is 9.64. The summed E-state index contributed by atoms with van der Waals surface area (Å²) >= 11 is 3.24. The van der Waals surface area contributed by atoms with Gasteiger partial charge < -0.3 is 0 Å². The highest BCUT2D eigenvalue weighted by molar-refractivity contribution is 7.99. The van der Waals surface area contributed by atoms with Crippen molar-refractivity contribution in [2.75, 3.05) is 0 Å². The summed E-state index contributed by atoms with van der Waals surface area (Å²) in [5.41, 5.74) is 1.26. The van der Waals surface area contributed by atoms with E-state index < -0.39 is 0 Å². The van der Waals surface area contributed by atoms with Gasteiger partial charge in [0.15, 0.2) is 0 Å². The molecule has 1 saturated carbocycles. The molecule has 3 heterocycles. The lowest BCUT2D eigenvalue weighted by Crippen LogP contribution is -2.00. The minimum atomic E-state index is 0.751. The molecule has 120 valence electrons. The van der Waals surface area contributed by atoms with Crippen LogP contribution in [0.3, 0.4) is 0 Å². The standard InChI is InChI=1S/C16H19N5S2/c1-9-10(2)22-14-13(9)15(18-8-17-14)23-16-19-12(20-21-16)7-11-5-3-4-6-11/h8,11H,3-7H2,1-2H3,(H,19,20,21). The molecule has 0 bridgehead atoms. The maximum Gasteiger partial charge on any atom is 0.214 e. The van der Waals surface area contributed by atoms with Crippen LogP contribution in [0.15, 0.2) is 16.5 Å². The zero-order chi connectivity index (χ0) is 15.8. The summed E-state index contributed by atoms with van der Waals surface area (Å²) in [6, 6.07) is 0. The van der Waals surface area contributed by atoms with Gasteiger partial charge in [-0.05, 0) is 37.1 Å². The Bertz CT molecular complexity index is 832. The molecule has 3 aromatic heterocycles. The molecule has 0 amide bonds. The Hall–Kier alpha value is -1.47. The zero-order valence-electron chi connectivity index (χ0n) is 13.3. The smallest absolute Gasteiger partial charge is 0.214 e. The Labute approximate surface area is 143 Å². The van der Waals surface area contributed by atoms with E-state index in [1.165, 1.54) is 47.9 Å². The van der Waals surface area contributed by atoms with Crippen molar-refractivity contribution in [1.82, 2.24) is 25.1 Å². The average molecular weight is 345 g/mol. The van der Waals surface area contributed by atoms with E-state index in [4.69, 9.17) is 0 Å². The van der Waals surface area contributed by atoms with Gasteiger partial charge in [-0.2, -0.15) is 0 Å². The molecule has 23 heavy (non-hydrogen) atoms. The molecule has 0 aromatic carbocycles. The lowest BCUT2D eigenvalue weighted by Gasteiger charge is -2.04. The van der Waals surface area contributed by atoms with Gasteiger partial charge in [0.2, 0.25) is 5.16 Å². The van der Waals surface area contributed by atoms with Crippen LogP contribution in [0.1, 0.15) is 41.9 Å². The zero-order valence-corrected chi connectivity index (χ0v) is 14.9. The Balaban J connectivity index is 1.57. The number of nitrogens with one attached hydrogen (secondary N) is 1. The van der Waals surface area contributed by atoms with Crippen LogP contribution in [0.5, 0.6) is 0 Å². The predicted molar refractivity (Wildman–Crippen MR) is 93.1 cm³/mol. The van der Waals surface area contributed by atoms with Gasteiger partial charge in [0.05, 0.1) is 0 Å². The summed E-state index contributed by atoms with van der Waals surface area (Å²) in [6.07, 6.45) is 8.01. The molecule has 0 aliphatic heterocycles. The van der Waals surface area contributed by atoms with E-state index in [1.54, 1.807) is 17.7 Å². The Morgan fingerprint density at radius 3 is 2.91 bits per heavy atom. The third-order valence-electron chi connectivity index (χ3n) is 4.59. The second-order valence-corrected chi connectivity index (χ2v) is 8.32. The van der Waals surface area contributed by atoms with Crippen molar-refractivity contribution in [3.05, 3.63) is 22.6 Å². The van der Waals surface area contributed by atoms with E-state index in [0.717, 1.165) is 38.6 Å². The van der Waals surface area contributed by atoms with Crippen LogP contribution in [0.25, 0.3) is 10.2 Å². The molecule has 1 aliphatic rings. The van der Waals surface area contributed by atoms with Gasteiger partial charge in [-0.15, -0.1) is 16.4 Å². The molecule has 0 radical (unpaired) electrons. The fourth-order valence-corrected chi connectivity index (χ4v) is 5.15. The molecular weight excluding hydrogens is 326 g/mol. The first-order valence-electron chi connectivity index (χ1n) is 8.00. The summed E-state index contributed by atoms with van der Waals surface area (Å²) in [5, 5.41) is 10.3. The largest absolute Gasteiger partial charge is 0.262 e. The fraction of sp³-hybridized carbons (Fsp3) is 0.500. The van der Waals surface area contributed by atoms with Crippen LogP contribution < -0.4 is 0 Å². The molecular formula is C16H19N5S2. The maximum atomic E-state index is 4.65. The number of fused-ring (bicyclic) bond motifs is 1. The second-order valence-electron chi connectivity index (χ2n) is 6.16. The summed E-state index contributed by atoms with van der Waals surface area (Å²) in [6.45, 7) is 4.26. The van der Waals surface area contributed by atoms with Crippen molar-refractivity contribution in [3.8, 4) is 0 Å². The lowest BCUT2D eigenvalue weighted by molar-refractivity contribution is 0.531. The number of aromatic nitrogens is 5. The van der Waals surface area contributed by atoms with Gasteiger partial charge in [0.1, 0.15) is 22.0 Å². The molecule has 0 atom stereocenters. The van der Waals surface area contributed by atoms with Crippen molar-refractivity contribution in [3.63, 3.8) is 0 Å². The highest BCUT2D eigenvalue weighted by Gasteiger charge is 2.19. The van der Waals surface area contributed by atoms with Crippen LogP contribution in [0.4, 0.5) is 0 Å². The molecule has 1 N–H and O–H groups in total. The highest BCUT2D eigenvalue weighted by Crippen LogP contribution is 2.36. The fourth-order valence-electron chi connectivity index (χ4n) is 3.22. The average Bonchev–Trinajstić information content (AvgIpc) is 3.24. The Kier molecular flexibility index (Phi) is 4.07. The molecule has 1 aliphatic carbocycles. The Morgan fingerprint density at radius 1 is 1.26 bits per heavy atom. The molecule has 0 spiro atoms. The maximum absolute atomic E-state index is 4.65. The van der Waals surface area contributed by atoms with Gasteiger partial charge in [-0.3, -0.25) is 5.10 Å². The first-order chi connectivity index (χ1) is 11.2. The molecule has 4 rings (SSSR count). The topological polar surface area (TPSA) is 67.3 Å². The molecule has 1 fully saturated rings.